The zero-order valence-corrected chi connectivity index (χ0v) is 15.6. The van der Waals surface area contributed by atoms with Crippen molar-refractivity contribution in [2.45, 2.75) is 75.1 Å². The Morgan fingerprint density at radius 1 is 1.08 bits per heavy atom. The molecule has 3 rings (SSSR count). The molecule has 5 heteroatoms. The van der Waals surface area contributed by atoms with Gasteiger partial charge in [0, 0.05) is 18.5 Å². The fraction of sp³-hybridized carbons (Fsp3) is 0.632. The molecule has 2 saturated heterocycles. The number of hydrogen-bond acceptors (Lipinski definition) is 3. The topological polar surface area (TPSA) is 54.5 Å². The first-order chi connectivity index (χ1) is 11.2. The summed E-state index contributed by atoms with van der Waals surface area (Å²) in [5, 5.41) is -0.365. The molecule has 2 bridgehead atoms. The predicted molar refractivity (Wildman–Crippen MR) is 94.4 cm³/mol. The molecule has 2 aliphatic rings. The van der Waals surface area contributed by atoms with Crippen LogP contribution in [0.1, 0.15) is 52.9 Å². The number of hydrogen-bond donors (Lipinski definition) is 0. The molecule has 2 fully saturated rings. The second-order valence-electron chi connectivity index (χ2n) is 8.37. The van der Waals surface area contributed by atoms with E-state index in [1.54, 1.807) is 24.3 Å². The zero-order valence-electron chi connectivity index (χ0n) is 14.7. The number of sulfone groups is 1. The van der Waals surface area contributed by atoms with Crippen molar-refractivity contribution in [2.75, 3.05) is 0 Å². The summed E-state index contributed by atoms with van der Waals surface area (Å²) in [5.41, 5.74) is -0.0382. The smallest absolute Gasteiger partial charge is 0.223 e. The van der Waals surface area contributed by atoms with E-state index in [-0.39, 0.29) is 28.7 Å². The van der Waals surface area contributed by atoms with Gasteiger partial charge in [-0.2, -0.15) is 0 Å². The van der Waals surface area contributed by atoms with E-state index in [4.69, 9.17) is 0 Å². The van der Waals surface area contributed by atoms with Gasteiger partial charge in [0.1, 0.15) is 0 Å². The van der Waals surface area contributed by atoms with Crippen molar-refractivity contribution in [1.82, 2.24) is 4.90 Å². The highest BCUT2D eigenvalue weighted by atomic mass is 32.2. The number of nitrogens with zero attached hydrogens (tertiary/aromatic N) is 1. The van der Waals surface area contributed by atoms with Gasteiger partial charge in [-0.1, -0.05) is 39.0 Å². The van der Waals surface area contributed by atoms with E-state index < -0.39 is 9.84 Å². The molecule has 2 unspecified atom stereocenters. The molecule has 0 aromatic heterocycles. The van der Waals surface area contributed by atoms with Crippen molar-refractivity contribution in [2.24, 2.45) is 5.41 Å². The van der Waals surface area contributed by atoms with Crippen LogP contribution >= 0.6 is 0 Å². The van der Waals surface area contributed by atoms with Gasteiger partial charge in [-0.15, -0.1) is 0 Å². The van der Waals surface area contributed by atoms with Crippen molar-refractivity contribution in [1.29, 1.82) is 0 Å². The number of carbonyl (C=O) groups excluding carboxylic acids is 1. The minimum atomic E-state index is -3.31. The second-order valence-corrected chi connectivity index (χ2v) is 10.6. The summed E-state index contributed by atoms with van der Waals surface area (Å²) in [4.78, 5) is 15.1. The molecule has 0 aliphatic carbocycles. The van der Waals surface area contributed by atoms with Crippen molar-refractivity contribution in [3.05, 3.63) is 30.3 Å². The maximum absolute atomic E-state index is 12.9. The van der Waals surface area contributed by atoms with Gasteiger partial charge < -0.3 is 4.90 Å². The lowest BCUT2D eigenvalue weighted by Gasteiger charge is -2.39. The molecule has 2 aliphatic heterocycles. The molecule has 2 atom stereocenters. The highest BCUT2D eigenvalue weighted by molar-refractivity contribution is 7.92. The minimum Gasteiger partial charge on any atom is -0.337 e. The summed E-state index contributed by atoms with van der Waals surface area (Å²) in [7, 11) is -3.31. The molecule has 0 N–H and O–H groups in total. The molecule has 1 amide bonds. The Labute approximate surface area is 145 Å². The van der Waals surface area contributed by atoms with Crippen molar-refractivity contribution in [3.8, 4) is 0 Å². The molecule has 1 aromatic rings. The quantitative estimate of drug-likeness (QED) is 0.840. The third-order valence-corrected chi connectivity index (χ3v) is 7.36. The second kappa shape index (κ2) is 6.17. The molecule has 2 heterocycles. The Balaban J connectivity index is 1.77. The number of benzene rings is 1. The molecule has 0 radical (unpaired) electrons. The first kappa shape index (κ1) is 17.5. The molecule has 1 aromatic carbocycles. The largest absolute Gasteiger partial charge is 0.337 e. The zero-order chi connectivity index (χ0) is 17.5. The van der Waals surface area contributed by atoms with Crippen molar-refractivity contribution in [3.63, 3.8) is 0 Å². The Hall–Kier alpha value is -1.36. The van der Waals surface area contributed by atoms with Crippen molar-refractivity contribution < 1.29 is 13.2 Å². The highest BCUT2D eigenvalue weighted by Crippen LogP contribution is 2.40. The summed E-state index contributed by atoms with van der Waals surface area (Å²) >= 11 is 0. The number of rotatable bonds is 3. The third-order valence-electron chi connectivity index (χ3n) is 5.17. The van der Waals surface area contributed by atoms with Crippen LogP contribution in [0.3, 0.4) is 0 Å². The predicted octanol–water partition coefficient (Wildman–Crippen LogP) is 3.42. The van der Waals surface area contributed by atoms with E-state index >= 15 is 0 Å². The van der Waals surface area contributed by atoms with Crippen LogP contribution in [0.5, 0.6) is 0 Å². The average molecular weight is 349 g/mol. The Morgan fingerprint density at radius 2 is 1.62 bits per heavy atom. The van der Waals surface area contributed by atoms with Crippen LogP contribution in [-0.4, -0.2) is 36.6 Å². The van der Waals surface area contributed by atoms with Gasteiger partial charge in [0.2, 0.25) is 5.91 Å². The SMILES string of the molecule is CC(C)(C)CC(=O)N1C2CCC1CC(S(=O)(=O)c1ccccc1)C2. The van der Waals surface area contributed by atoms with Crippen LogP contribution < -0.4 is 0 Å². The summed E-state index contributed by atoms with van der Waals surface area (Å²) in [6, 6.07) is 8.88. The lowest BCUT2D eigenvalue weighted by atomic mass is 9.90. The molecule has 24 heavy (non-hydrogen) atoms. The first-order valence-corrected chi connectivity index (χ1v) is 10.3. The standard InChI is InChI=1S/C19H27NO3S/c1-19(2,3)13-18(21)20-14-9-10-15(20)12-17(11-14)24(22,23)16-7-5-4-6-8-16/h4-8,14-15,17H,9-13H2,1-3H3. The van der Waals surface area contributed by atoms with Gasteiger partial charge in [0.05, 0.1) is 10.1 Å². The maximum atomic E-state index is 12.9. The fourth-order valence-corrected chi connectivity index (χ4v) is 6.01. The first-order valence-electron chi connectivity index (χ1n) is 8.78. The number of fused-ring (bicyclic) bond motifs is 2. The summed E-state index contributed by atoms with van der Waals surface area (Å²) in [6.07, 6.45) is 3.53. The summed E-state index contributed by atoms with van der Waals surface area (Å²) in [5.74, 6) is 0.186. The number of piperidine rings is 1. The monoisotopic (exact) mass is 349 g/mol. The number of amides is 1. The highest BCUT2D eigenvalue weighted by Gasteiger charge is 2.47. The van der Waals surface area contributed by atoms with E-state index in [1.165, 1.54) is 0 Å². The lowest BCUT2D eigenvalue weighted by molar-refractivity contribution is -0.137. The van der Waals surface area contributed by atoms with Gasteiger partial charge in [0.25, 0.3) is 0 Å². The van der Waals surface area contributed by atoms with Gasteiger partial charge in [-0.25, -0.2) is 8.42 Å². The van der Waals surface area contributed by atoms with Crippen molar-refractivity contribution >= 4 is 15.7 Å². The summed E-state index contributed by atoms with van der Waals surface area (Å²) in [6.45, 7) is 6.21. The lowest BCUT2D eigenvalue weighted by Crippen LogP contribution is -2.50. The molecule has 0 saturated carbocycles. The Kier molecular flexibility index (Phi) is 4.49. The molecule has 0 spiro atoms. The van der Waals surface area contributed by atoms with E-state index in [0.29, 0.717) is 24.2 Å². The van der Waals surface area contributed by atoms with E-state index in [0.717, 1.165) is 12.8 Å². The number of carbonyl (C=O) groups is 1. The van der Waals surface area contributed by atoms with E-state index in [1.807, 2.05) is 11.0 Å². The molecular formula is C19H27NO3S. The van der Waals surface area contributed by atoms with Crippen LogP contribution in [-0.2, 0) is 14.6 Å². The molecule has 4 nitrogen and oxygen atoms in total. The van der Waals surface area contributed by atoms with E-state index in [9.17, 15) is 13.2 Å². The Bertz CT molecular complexity index is 692. The van der Waals surface area contributed by atoms with Crippen LogP contribution in [0.2, 0.25) is 0 Å². The summed E-state index contributed by atoms with van der Waals surface area (Å²) < 4.78 is 25.8. The average Bonchev–Trinajstić information content (AvgIpc) is 2.77. The maximum Gasteiger partial charge on any atom is 0.223 e. The van der Waals surface area contributed by atoms with Gasteiger partial charge in [-0.05, 0) is 43.2 Å². The third kappa shape index (κ3) is 3.37. The van der Waals surface area contributed by atoms with Crippen LogP contribution in [0.4, 0.5) is 0 Å². The Morgan fingerprint density at radius 3 is 2.12 bits per heavy atom. The molecule has 132 valence electrons. The van der Waals surface area contributed by atoms with Gasteiger partial charge >= 0.3 is 0 Å². The van der Waals surface area contributed by atoms with Crippen LogP contribution in [0.25, 0.3) is 0 Å². The fourth-order valence-electron chi connectivity index (χ4n) is 4.14. The normalized spacial score (nSPS) is 27.3. The van der Waals surface area contributed by atoms with E-state index in [2.05, 4.69) is 20.8 Å². The van der Waals surface area contributed by atoms with Crippen LogP contribution in [0.15, 0.2) is 35.2 Å². The van der Waals surface area contributed by atoms with Gasteiger partial charge in [-0.3, -0.25) is 4.79 Å². The molecular weight excluding hydrogens is 322 g/mol. The minimum absolute atomic E-state index is 0.0382. The van der Waals surface area contributed by atoms with Crippen LogP contribution in [0, 0.1) is 5.41 Å². The van der Waals surface area contributed by atoms with Gasteiger partial charge in [0.15, 0.2) is 9.84 Å².